The summed E-state index contributed by atoms with van der Waals surface area (Å²) in [5.41, 5.74) is 0. The summed E-state index contributed by atoms with van der Waals surface area (Å²) in [7, 11) is -2.05. The second-order valence-electron chi connectivity index (χ2n) is 3.95. The zero-order chi connectivity index (χ0) is 16.1. The Kier molecular flexibility index (Phi) is 7.07. The van der Waals surface area contributed by atoms with Crippen LogP contribution in [-0.4, -0.2) is 41.4 Å². The lowest BCUT2D eigenvalue weighted by Crippen LogP contribution is -2.29. The summed E-state index contributed by atoms with van der Waals surface area (Å²) in [6, 6.07) is 1.50. The van der Waals surface area contributed by atoms with Gasteiger partial charge in [-0.25, -0.2) is 13.1 Å². The molecule has 2 N–H and O–H groups in total. The van der Waals surface area contributed by atoms with Crippen molar-refractivity contribution in [2.24, 2.45) is 0 Å². The molecule has 0 atom stereocenters. The van der Waals surface area contributed by atoms with Crippen molar-refractivity contribution in [2.75, 3.05) is 26.8 Å². The molecule has 1 rings (SSSR count). The highest BCUT2D eigenvalue weighted by atomic mass is 79.9. The van der Waals surface area contributed by atoms with Gasteiger partial charge >= 0.3 is 6.18 Å². The molecule has 0 bridgehead atoms. The number of thiophene rings is 1. The Labute approximate surface area is 133 Å². The van der Waals surface area contributed by atoms with Crippen LogP contribution >= 0.6 is 27.3 Å². The molecule has 21 heavy (non-hydrogen) atoms. The van der Waals surface area contributed by atoms with Gasteiger partial charge in [-0.2, -0.15) is 13.2 Å². The Balaban J connectivity index is 2.54. The van der Waals surface area contributed by atoms with Crippen LogP contribution in [-0.2, 0) is 21.3 Å². The molecule has 0 aliphatic rings. The standard InChI is InChI=1S/C10H14BrF3N2O3S2/c1-15-5-7-4-8(9(11)20-7)21(17,18)16-2-3-19-6-10(12,13)14/h4,15-16H,2-3,5-6H2,1H3. The summed E-state index contributed by atoms with van der Waals surface area (Å²) in [6.07, 6.45) is -4.42. The van der Waals surface area contributed by atoms with Gasteiger partial charge in [0.15, 0.2) is 0 Å². The second kappa shape index (κ2) is 7.88. The second-order valence-corrected chi connectivity index (χ2v) is 8.14. The Morgan fingerprint density at radius 3 is 2.67 bits per heavy atom. The number of ether oxygens (including phenoxy) is 1. The molecule has 0 aliphatic carbocycles. The van der Waals surface area contributed by atoms with Crippen molar-refractivity contribution in [3.05, 3.63) is 14.7 Å². The lowest BCUT2D eigenvalue weighted by Gasteiger charge is -2.08. The Morgan fingerprint density at radius 1 is 1.43 bits per heavy atom. The van der Waals surface area contributed by atoms with Crippen LogP contribution in [0.2, 0.25) is 0 Å². The molecule has 122 valence electrons. The van der Waals surface area contributed by atoms with E-state index in [1.54, 1.807) is 7.05 Å². The Morgan fingerprint density at radius 2 is 2.10 bits per heavy atom. The van der Waals surface area contributed by atoms with E-state index in [0.29, 0.717) is 10.3 Å². The minimum Gasteiger partial charge on any atom is -0.371 e. The van der Waals surface area contributed by atoms with Crippen LogP contribution in [0, 0.1) is 0 Å². The van der Waals surface area contributed by atoms with E-state index in [9.17, 15) is 21.6 Å². The Bertz CT molecular complexity index is 560. The molecule has 0 radical (unpaired) electrons. The predicted molar refractivity (Wildman–Crippen MR) is 76.8 cm³/mol. The molecule has 11 heteroatoms. The third kappa shape index (κ3) is 6.61. The first-order valence-electron chi connectivity index (χ1n) is 5.72. The first-order chi connectivity index (χ1) is 9.65. The number of sulfonamides is 1. The molecule has 1 aromatic heterocycles. The molecular weight excluding hydrogens is 397 g/mol. The van der Waals surface area contributed by atoms with E-state index >= 15 is 0 Å². The maximum absolute atomic E-state index is 12.0. The van der Waals surface area contributed by atoms with Crippen molar-refractivity contribution in [2.45, 2.75) is 17.6 Å². The van der Waals surface area contributed by atoms with Gasteiger partial charge in [-0.1, -0.05) is 0 Å². The first-order valence-corrected chi connectivity index (χ1v) is 8.82. The normalized spacial score (nSPS) is 12.8. The van der Waals surface area contributed by atoms with Crippen molar-refractivity contribution in [3.63, 3.8) is 0 Å². The largest absolute Gasteiger partial charge is 0.411 e. The van der Waals surface area contributed by atoms with Crippen molar-refractivity contribution in [1.29, 1.82) is 0 Å². The van der Waals surface area contributed by atoms with Gasteiger partial charge in [0.05, 0.1) is 10.4 Å². The third-order valence-corrected chi connectivity index (χ3v) is 5.86. The molecule has 0 aromatic carbocycles. The maximum atomic E-state index is 12.0. The minimum absolute atomic E-state index is 0.0635. The highest BCUT2D eigenvalue weighted by Gasteiger charge is 2.27. The molecule has 0 aliphatic heterocycles. The van der Waals surface area contributed by atoms with Crippen molar-refractivity contribution >= 4 is 37.3 Å². The van der Waals surface area contributed by atoms with Crippen LogP contribution in [0.25, 0.3) is 0 Å². The lowest BCUT2D eigenvalue weighted by molar-refractivity contribution is -0.173. The van der Waals surface area contributed by atoms with Gasteiger partial charge in [-0.05, 0) is 29.0 Å². The van der Waals surface area contributed by atoms with Crippen LogP contribution < -0.4 is 10.0 Å². The van der Waals surface area contributed by atoms with Crippen LogP contribution in [0.5, 0.6) is 0 Å². The highest BCUT2D eigenvalue weighted by molar-refractivity contribution is 9.11. The molecule has 0 spiro atoms. The van der Waals surface area contributed by atoms with E-state index in [1.807, 2.05) is 0 Å². The molecule has 1 aromatic rings. The van der Waals surface area contributed by atoms with Gasteiger partial charge in [0.1, 0.15) is 11.5 Å². The molecular formula is C10H14BrF3N2O3S2. The summed E-state index contributed by atoms with van der Waals surface area (Å²) in [6.45, 7) is -1.47. The van der Waals surface area contributed by atoms with E-state index < -0.39 is 22.8 Å². The number of halogens is 4. The molecule has 0 fully saturated rings. The zero-order valence-electron chi connectivity index (χ0n) is 11.0. The van der Waals surface area contributed by atoms with Gasteiger partial charge in [0.25, 0.3) is 0 Å². The molecule has 1 heterocycles. The Hall–Kier alpha value is -0.200. The van der Waals surface area contributed by atoms with Gasteiger partial charge in [-0.15, -0.1) is 11.3 Å². The van der Waals surface area contributed by atoms with Gasteiger partial charge in [0.2, 0.25) is 10.0 Å². The van der Waals surface area contributed by atoms with E-state index in [1.165, 1.54) is 17.4 Å². The highest BCUT2D eigenvalue weighted by Crippen LogP contribution is 2.31. The fourth-order valence-corrected chi connectivity index (χ4v) is 5.06. The van der Waals surface area contributed by atoms with E-state index in [4.69, 9.17) is 0 Å². The van der Waals surface area contributed by atoms with Crippen LogP contribution in [0.1, 0.15) is 4.88 Å². The fraction of sp³-hybridized carbons (Fsp3) is 0.600. The van der Waals surface area contributed by atoms with E-state index in [2.05, 4.69) is 30.7 Å². The summed E-state index contributed by atoms with van der Waals surface area (Å²) in [4.78, 5) is 0.881. The number of hydrogen-bond acceptors (Lipinski definition) is 5. The third-order valence-electron chi connectivity index (χ3n) is 2.15. The van der Waals surface area contributed by atoms with Gasteiger partial charge < -0.3 is 10.1 Å². The molecule has 0 saturated carbocycles. The number of hydrogen-bond donors (Lipinski definition) is 2. The van der Waals surface area contributed by atoms with Crippen LogP contribution in [0.3, 0.4) is 0 Å². The molecule has 0 amide bonds. The average molecular weight is 411 g/mol. The summed E-state index contributed by atoms with van der Waals surface area (Å²) in [5.74, 6) is 0. The molecule has 0 unspecified atom stereocenters. The SMILES string of the molecule is CNCc1cc(S(=O)(=O)NCCOCC(F)(F)F)c(Br)s1. The summed E-state index contributed by atoms with van der Waals surface area (Å²) < 4.78 is 66.5. The lowest BCUT2D eigenvalue weighted by atomic mass is 10.5. The molecule has 5 nitrogen and oxygen atoms in total. The van der Waals surface area contributed by atoms with Gasteiger partial charge in [0, 0.05) is 18.0 Å². The van der Waals surface area contributed by atoms with E-state index in [-0.39, 0.29) is 18.0 Å². The van der Waals surface area contributed by atoms with Crippen LogP contribution in [0.15, 0.2) is 14.7 Å². The number of alkyl halides is 3. The summed E-state index contributed by atoms with van der Waals surface area (Å²) in [5, 5.41) is 2.90. The number of rotatable bonds is 8. The van der Waals surface area contributed by atoms with Crippen LogP contribution in [0.4, 0.5) is 13.2 Å². The fourth-order valence-electron chi connectivity index (χ4n) is 1.36. The van der Waals surface area contributed by atoms with Crippen molar-refractivity contribution in [1.82, 2.24) is 10.0 Å². The maximum Gasteiger partial charge on any atom is 0.411 e. The molecule has 0 saturated heterocycles. The topological polar surface area (TPSA) is 67.4 Å². The smallest absolute Gasteiger partial charge is 0.371 e. The monoisotopic (exact) mass is 410 g/mol. The van der Waals surface area contributed by atoms with Gasteiger partial charge in [-0.3, -0.25) is 0 Å². The predicted octanol–water partition coefficient (Wildman–Crippen LogP) is 2.09. The quantitative estimate of drug-likeness (QED) is 0.643. The van der Waals surface area contributed by atoms with Crippen molar-refractivity contribution < 1.29 is 26.3 Å². The first kappa shape index (κ1) is 18.8. The summed E-state index contributed by atoms with van der Waals surface area (Å²) >= 11 is 4.43. The van der Waals surface area contributed by atoms with E-state index in [0.717, 1.165) is 4.88 Å². The van der Waals surface area contributed by atoms with Crippen molar-refractivity contribution in [3.8, 4) is 0 Å². The zero-order valence-corrected chi connectivity index (χ0v) is 14.2. The average Bonchev–Trinajstić information content (AvgIpc) is 2.69. The number of nitrogens with one attached hydrogen (secondary N) is 2. The minimum atomic E-state index is -4.42.